The lowest BCUT2D eigenvalue weighted by Gasteiger charge is -2.32. The Balaban J connectivity index is 2.18. The molecule has 1 aliphatic heterocycles. The van der Waals surface area contributed by atoms with Crippen LogP contribution >= 0.6 is 0 Å². The van der Waals surface area contributed by atoms with Crippen LogP contribution in [0.1, 0.15) is 17.2 Å². The van der Waals surface area contributed by atoms with E-state index in [1.165, 1.54) is 24.3 Å². The molecule has 1 atom stereocenters. The minimum atomic E-state index is -4.03. The average Bonchev–Trinajstić information content (AvgIpc) is 2.53. The van der Waals surface area contributed by atoms with Crippen molar-refractivity contribution in [2.45, 2.75) is 12.4 Å². The van der Waals surface area contributed by atoms with Gasteiger partial charge in [0, 0.05) is 23.3 Å². The third-order valence-electron chi connectivity index (χ3n) is 3.37. The molecule has 8 nitrogen and oxygen atoms in total. The van der Waals surface area contributed by atoms with Crippen LogP contribution in [0.25, 0.3) is 0 Å². The minimum absolute atomic E-state index is 0.122. The molecular formula is C15H8F2NO7-. The van der Waals surface area contributed by atoms with E-state index in [1.807, 2.05) is 0 Å². The predicted molar refractivity (Wildman–Crippen MR) is 74.1 cm³/mol. The molecule has 3 rings (SSSR count). The Labute approximate surface area is 138 Å². The van der Waals surface area contributed by atoms with Crippen molar-refractivity contribution < 1.29 is 37.8 Å². The highest BCUT2D eigenvalue weighted by Gasteiger charge is 2.45. The van der Waals surface area contributed by atoms with Crippen LogP contribution in [0.5, 0.6) is 11.5 Å². The molecule has 0 bridgehead atoms. The van der Waals surface area contributed by atoms with E-state index >= 15 is 0 Å². The van der Waals surface area contributed by atoms with Crippen LogP contribution < -0.4 is 14.6 Å². The molecule has 0 fully saturated rings. The summed E-state index contributed by atoms with van der Waals surface area (Å²) < 4.78 is 40.9. The molecule has 1 aliphatic rings. The fourth-order valence-electron chi connectivity index (χ4n) is 2.41. The second-order valence-corrected chi connectivity index (χ2v) is 4.93. The number of rotatable bonds is 3. The van der Waals surface area contributed by atoms with Crippen LogP contribution in [0.2, 0.25) is 0 Å². The Morgan fingerprint density at radius 3 is 2.60 bits per heavy atom. The summed E-state index contributed by atoms with van der Waals surface area (Å²) in [6.07, 6.45) is -7.54. The maximum atomic E-state index is 13.7. The summed E-state index contributed by atoms with van der Waals surface area (Å²) in [6, 6.07) is 8.43. The van der Waals surface area contributed by atoms with Gasteiger partial charge in [-0.25, -0.2) is 0 Å². The Morgan fingerprint density at radius 2 is 1.92 bits per heavy atom. The molecule has 2 aromatic carbocycles. The highest BCUT2D eigenvalue weighted by Crippen LogP contribution is 2.46. The standard InChI is InChI=1S/C15H9F2NO7/c16-15(17)24-12-4-2-1-3-9(12)13(25-15)10-7-8(18(21)22)5-6-11(10)23-14(19)20/h1-7,13H,(H,19,20)/p-1. The molecule has 130 valence electrons. The summed E-state index contributed by atoms with van der Waals surface area (Å²) in [6.45, 7) is 0. The largest absolute Gasteiger partial charge is 0.536 e. The Morgan fingerprint density at radius 1 is 1.20 bits per heavy atom. The number of hydrogen-bond acceptors (Lipinski definition) is 7. The maximum Gasteiger partial charge on any atom is 0.536 e. The fraction of sp³-hybridized carbons (Fsp3) is 0.133. The van der Waals surface area contributed by atoms with Crippen molar-refractivity contribution in [3.05, 3.63) is 63.7 Å². The molecule has 0 aliphatic carbocycles. The van der Waals surface area contributed by atoms with Crippen molar-refractivity contribution in [2.75, 3.05) is 0 Å². The summed E-state index contributed by atoms with van der Waals surface area (Å²) in [5.74, 6) is -0.641. The number of nitrogens with zero attached hydrogens (tertiary/aromatic N) is 1. The zero-order valence-electron chi connectivity index (χ0n) is 12.2. The number of nitro groups is 1. The number of ether oxygens (including phenoxy) is 3. The molecule has 0 aromatic heterocycles. The fourth-order valence-corrected chi connectivity index (χ4v) is 2.41. The first-order valence-electron chi connectivity index (χ1n) is 6.77. The van der Waals surface area contributed by atoms with Gasteiger partial charge >= 0.3 is 6.29 Å². The Bertz CT molecular complexity index is 856. The van der Waals surface area contributed by atoms with Crippen LogP contribution in [0.3, 0.4) is 0 Å². The van der Waals surface area contributed by atoms with E-state index in [0.29, 0.717) is 0 Å². The van der Waals surface area contributed by atoms with Crippen molar-refractivity contribution in [1.82, 2.24) is 0 Å². The van der Waals surface area contributed by atoms with Gasteiger partial charge in [0.05, 0.1) is 10.7 Å². The summed E-state index contributed by atoms with van der Waals surface area (Å²) >= 11 is 0. The van der Waals surface area contributed by atoms with Gasteiger partial charge in [0.15, 0.2) is 0 Å². The zero-order chi connectivity index (χ0) is 18.2. The zero-order valence-corrected chi connectivity index (χ0v) is 12.2. The molecule has 0 radical (unpaired) electrons. The van der Waals surface area contributed by atoms with Gasteiger partial charge in [-0.15, -0.1) is 8.78 Å². The monoisotopic (exact) mass is 352 g/mol. The molecule has 0 saturated heterocycles. The first kappa shape index (κ1) is 16.6. The minimum Gasteiger partial charge on any atom is -0.514 e. The lowest BCUT2D eigenvalue weighted by atomic mass is 9.98. The lowest BCUT2D eigenvalue weighted by Crippen LogP contribution is -2.36. The van der Waals surface area contributed by atoms with E-state index in [0.717, 1.165) is 18.2 Å². The summed E-state index contributed by atoms with van der Waals surface area (Å²) in [7, 11) is 0. The molecule has 1 unspecified atom stereocenters. The van der Waals surface area contributed by atoms with E-state index in [1.54, 1.807) is 0 Å². The van der Waals surface area contributed by atoms with Crippen molar-refractivity contribution in [2.24, 2.45) is 0 Å². The third kappa shape index (κ3) is 3.33. The van der Waals surface area contributed by atoms with E-state index in [4.69, 9.17) is 0 Å². The number of para-hydroxylation sites is 1. The molecule has 25 heavy (non-hydrogen) atoms. The number of non-ortho nitro benzene ring substituents is 1. The first-order valence-corrected chi connectivity index (χ1v) is 6.77. The maximum absolute atomic E-state index is 13.7. The van der Waals surface area contributed by atoms with Crippen LogP contribution in [0.15, 0.2) is 42.5 Å². The van der Waals surface area contributed by atoms with Gasteiger partial charge in [-0.2, -0.15) is 0 Å². The predicted octanol–water partition coefficient (Wildman–Crippen LogP) is 2.37. The highest BCUT2D eigenvalue weighted by molar-refractivity contribution is 5.62. The van der Waals surface area contributed by atoms with Crippen molar-refractivity contribution in [3.63, 3.8) is 0 Å². The number of halogens is 2. The lowest BCUT2D eigenvalue weighted by molar-refractivity contribution is -0.385. The van der Waals surface area contributed by atoms with Gasteiger partial charge in [0.1, 0.15) is 11.9 Å². The Hall–Kier alpha value is -3.27. The SMILES string of the molecule is O=C([O-])Oc1ccc([N+](=O)[O-])cc1C1OC(F)(F)Oc2ccccc21. The summed E-state index contributed by atoms with van der Waals surface area (Å²) in [5, 5.41) is 21.7. The number of alkyl halides is 2. The second kappa shape index (κ2) is 5.98. The van der Waals surface area contributed by atoms with Crippen molar-refractivity contribution in [3.8, 4) is 11.5 Å². The number of carboxylic acid groups (broad SMARTS) is 1. The van der Waals surface area contributed by atoms with Crippen LogP contribution in [-0.2, 0) is 4.74 Å². The van der Waals surface area contributed by atoms with Crippen molar-refractivity contribution >= 4 is 11.8 Å². The number of nitro benzene ring substituents is 1. The van der Waals surface area contributed by atoms with Gasteiger partial charge in [-0.1, -0.05) is 18.2 Å². The quantitative estimate of drug-likeness (QED) is 0.361. The van der Waals surface area contributed by atoms with E-state index in [9.17, 15) is 28.8 Å². The number of benzene rings is 2. The van der Waals surface area contributed by atoms with Gasteiger partial charge in [-0.3, -0.25) is 14.9 Å². The molecule has 0 spiro atoms. The summed E-state index contributed by atoms with van der Waals surface area (Å²) in [5.41, 5.74) is -0.623. The smallest absolute Gasteiger partial charge is 0.514 e. The molecule has 2 aromatic rings. The first-order chi connectivity index (χ1) is 11.8. The number of carbonyl (C=O) groups is 1. The van der Waals surface area contributed by atoms with Gasteiger partial charge in [-0.05, 0) is 12.1 Å². The molecule has 10 heteroatoms. The molecule has 0 saturated carbocycles. The van der Waals surface area contributed by atoms with E-state index < -0.39 is 34.9 Å². The molecule has 1 heterocycles. The van der Waals surface area contributed by atoms with Gasteiger partial charge < -0.3 is 19.4 Å². The Kier molecular flexibility index (Phi) is 3.97. The third-order valence-corrected chi connectivity index (χ3v) is 3.37. The van der Waals surface area contributed by atoms with Gasteiger partial charge in [0.25, 0.3) is 11.8 Å². The molecule has 0 amide bonds. The normalized spacial score (nSPS) is 17.9. The highest BCUT2D eigenvalue weighted by atomic mass is 19.3. The topological polar surface area (TPSA) is 111 Å². The van der Waals surface area contributed by atoms with Crippen LogP contribution in [-0.4, -0.2) is 17.4 Å². The van der Waals surface area contributed by atoms with E-state index in [-0.39, 0.29) is 16.9 Å². The van der Waals surface area contributed by atoms with Crippen LogP contribution in [0.4, 0.5) is 19.3 Å². The van der Waals surface area contributed by atoms with Gasteiger partial charge in [0.2, 0.25) is 0 Å². The van der Waals surface area contributed by atoms with Crippen molar-refractivity contribution in [1.29, 1.82) is 0 Å². The van der Waals surface area contributed by atoms with E-state index in [2.05, 4.69) is 14.2 Å². The number of carbonyl (C=O) groups excluding carboxylic acids is 1. The molecular weight excluding hydrogens is 344 g/mol. The van der Waals surface area contributed by atoms with Crippen LogP contribution in [0, 0.1) is 10.1 Å². The average molecular weight is 352 g/mol. The molecule has 0 N–H and O–H groups in total. The number of fused-ring (bicyclic) bond motifs is 1. The number of hydrogen-bond donors (Lipinski definition) is 0. The second-order valence-electron chi connectivity index (χ2n) is 4.93. The summed E-state index contributed by atoms with van der Waals surface area (Å²) in [4.78, 5) is 20.9.